The Bertz CT molecular complexity index is 930. The fraction of sp³-hybridized carbons (Fsp3) is 0.522. The monoisotopic (exact) mass is 443 g/mol. The molecule has 2 heterocycles. The zero-order chi connectivity index (χ0) is 21.8. The van der Waals surface area contributed by atoms with Gasteiger partial charge in [0.05, 0.1) is 23.1 Å². The van der Waals surface area contributed by atoms with Crippen LogP contribution in [0.25, 0.3) is 5.69 Å². The summed E-state index contributed by atoms with van der Waals surface area (Å²) >= 11 is 6.08. The van der Waals surface area contributed by atoms with Crippen LogP contribution in [0.5, 0.6) is 0 Å². The molecule has 3 amide bonds. The fourth-order valence-electron chi connectivity index (χ4n) is 4.50. The average Bonchev–Trinajstić information content (AvgIpc) is 3.16. The van der Waals surface area contributed by atoms with Crippen LogP contribution < -0.4 is 10.6 Å². The third-order valence-corrected chi connectivity index (χ3v) is 6.59. The number of piperidine rings is 1. The number of aromatic nitrogens is 2. The summed E-state index contributed by atoms with van der Waals surface area (Å²) in [4.78, 5) is 27.2. The van der Waals surface area contributed by atoms with E-state index in [0.717, 1.165) is 37.1 Å². The quantitative estimate of drug-likeness (QED) is 0.747. The van der Waals surface area contributed by atoms with Crippen molar-refractivity contribution in [2.75, 3.05) is 13.1 Å². The van der Waals surface area contributed by atoms with Crippen molar-refractivity contribution in [3.8, 4) is 5.69 Å². The van der Waals surface area contributed by atoms with Crippen LogP contribution in [0, 0.1) is 6.92 Å². The highest BCUT2D eigenvalue weighted by Gasteiger charge is 2.27. The van der Waals surface area contributed by atoms with Gasteiger partial charge in [0.2, 0.25) is 0 Å². The highest BCUT2D eigenvalue weighted by molar-refractivity contribution is 6.30. The molecule has 1 saturated carbocycles. The van der Waals surface area contributed by atoms with Crippen LogP contribution in [-0.4, -0.2) is 51.8 Å². The average molecular weight is 444 g/mol. The molecule has 2 aliphatic rings. The van der Waals surface area contributed by atoms with Gasteiger partial charge >= 0.3 is 6.03 Å². The summed E-state index contributed by atoms with van der Waals surface area (Å²) in [6.45, 7) is 3.19. The third-order valence-electron chi connectivity index (χ3n) is 6.36. The molecule has 31 heavy (non-hydrogen) atoms. The lowest BCUT2D eigenvalue weighted by molar-refractivity contribution is 0.0916. The predicted octanol–water partition coefficient (Wildman–Crippen LogP) is 4.07. The lowest BCUT2D eigenvalue weighted by Gasteiger charge is -2.34. The standard InChI is InChI=1S/C23H30ClN5O2/c1-16-21(15-25-29(16)20-9-5-6-17(24)14-20)22(30)26-19-10-12-28(13-11-19)23(31)27-18-7-3-2-4-8-18/h5-6,9,14-15,18-19H,2-4,7-8,10-13H2,1H3,(H,26,30)(H,27,31). The van der Waals surface area contributed by atoms with Crippen LogP contribution in [0.15, 0.2) is 30.5 Å². The van der Waals surface area contributed by atoms with Crippen molar-refractivity contribution in [2.24, 2.45) is 0 Å². The molecule has 8 heteroatoms. The van der Waals surface area contributed by atoms with E-state index >= 15 is 0 Å². The largest absolute Gasteiger partial charge is 0.349 e. The van der Waals surface area contributed by atoms with Gasteiger partial charge in [0.15, 0.2) is 0 Å². The van der Waals surface area contributed by atoms with Crippen LogP contribution in [0.4, 0.5) is 4.79 Å². The van der Waals surface area contributed by atoms with E-state index in [1.807, 2.05) is 30.0 Å². The highest BCUT2D eigenvalue weighted by Crippen LogP contribution is 2.20. The Labute approximate surface area is 188 Å². The lowest BCUT2D eigenvalue weighted by Crippen LogP contribution is -2.51. The van der Waals surface area contributed by atoms with E-state index < -0.39 is 0 Å². The molecular formula is C23H30ClN5O2. The molecule has 1 aliphatic carbocycles. The summed E-state index contributed by atoms with van der Waals surface area (Å²) in [7, 11) is 0. The molecule has 0 atom stereocenters. The van der Waals surface area contributed by atoms with Crippen LogP contribution in [0.2, 0.25) is 5.02 Å². The molecule has 1 aliphatic heterocycles. The number of rotatable bonds is 4. The first kappa shape index (κ1) is 21.7. The summed E-state index contributed by atoms with van der Waals surface area (Å²) < 4.78 is 1.72. The van der Waals surface area contributed by atoms with Gasteiger partial charge in [0, 0.05) is 30.2 Å². The maximum absolute atomic E-state index is 12.8. The summed E-state index contributed by atoms with van der Waals surface area (Å²) in [5.41, 5.74) is 2.14. The molecule has 0 unspecified atom stereocenters. The molecule has 0 bridgehead atoms. The van der Waals surface area contributed by atoms with E-state index in [1.165, 1.54) is 19.3 Å². The number of urea groups is 1. The van der Waals surface area contributed by atoms with E-state index in [2.05, 4.69) is 15.7 Å². The number of amides is 3. The topological polar surface area (TPSA) is 79.3 Å². The fourth-order valence-corrected chi connectivity index (χ4v) is 4.69. The normalized spacial score (nSPS) is 18.1. The predicted molar refractivity (Wildman–Crippen MR) is 121 cm³/mol. The smallest absolute Gasteiger partial charge is 0.317 e. The molecule has 7 nitrogen and oxygen atoms in total. The number of nitrogens with one attached hydrogen (secondary N) is 2. The minimum Gasteiger partial charge on any atom is -0.349 e. The summed E-state index contributed by atoms with van der Waals surface area (Å²) in [5.74, 6) is -0.129. The molecule has 166 valence electrons. The molecule has 0 spiro atoms. The van der Waals surface area contributed by atoms with Gasteiger partial charge in [-0.2, -0.15) is 5.10 Å². The van der Waals surface area contributed by atoms with E-state index in [9.17, 15) is 9.59 Å². The molecule has 1 aromatic heterocycles. The molecule has 1 aromatic carbocycles. The van der Waals surface area contributed by atoms with Gasteiger partial charge in [-0.15, -0.1) is 0 Å². The number of carbonyl (C=O) groups excluding carboxylic acids is 2. The maximum atomic E-state index is 12.8. The Morgan fingerprint density at radius 3 is 2.45 bits per heavy atom. The van der Waals surface area contributed by atoms with Crippen molar-refractivity contribution in [3.63, 3.8) is 0 Å². The van der Waals surface area contributed by atoms with E-state index in [-0.39, 0.29) is 18.0 Å². The first-order valence-electron chi connectivity index (χ1n) is 11.2. The van der Waals surface area contributed by atoms with Crippen LogP contribution in [0.1, 0.15) is 61.0 Å². The van der Waals surface area contributed by atoms with Crippen molar-refractivity contribution < 1.29 is 9.59 Å². The number of benzene rings is 1. The van der Waals surface area contributed by atoms with Gasteiger partial charge in [-0.05, 0) is 50.8 Å². The summed E-state index contributed by atoms with van der Waals surface area (Å²) in [6, 6.07) is 7.79. The van der Waals surface area contributed by atoms with Crippen molar-refractivity contribution in [1.82, 2.24) is 25.3 Å². The van der Waals surface area contributed by atoms with Crippen LogP contribution >= 0.6 is 11.6 Å². The first-order chi connectivity index (χ1) is 15.0. The Kier molecular flexibility index (Phi) is 6.80. The van der Waals surface area contributed by atoms with Crippen molar-refractivity contribution in [1.29, 1.82) is 0 Å². The van der Waals surface area contributed by atoms with E-state index in [4.69, 9.17) is 11.6 Å². The molecule has 4 rings (SSSR count). The van der Waals surface area contributed by atoms with E-state index in [0.29, 0.717) is 29.7 Å². The Hall–Kier alpha value is -2.54. The first-order valence-corrected chi connectivity index (χ1v) is 11.6. The Morgan fingerprint density at radius 1 is 1.03 bits per heavy atom. The highest BCUT2D eigenvalue weighted by atomic mass is 35.5. The Balaban J connectivity index is 1.30. The second-order valence-electron chi connectivity index (χ2n) is 8.55. The molecular weight excluding hydrogens is 414 g/mol. The minimum atomic E-state index is -0.129. The van der Waals surface area contributed by atoms with E-state index in [1.54, 1.807) is 16.9 Å². The van der Waals surface area contributed by atoms with Crippen molar-refractivity contribution in [3.05, 3.63) is 46.7 Å². The van der Waals surface area contributed by atoms with Gasteiger partial charge in [-0.25, -0.2) is 9.48 Å². The third kappa shape index (κ3) is 5.21. The zero-order valence-corrected chi connectivity index (χ0v) is 18.7. The summed E-state index contributed by atoms with van der Waals surface area (Å²) in [5, 5.41) is 11.3. The van der Waals surface area contributed by atoms with Gasteiger partial charge in [0.25, 0.3) is 5.91 Å². The Morgan fingerprint density at radius 2 is 1.74 bits per heavy atom. The van der Waals surface area contributed by atoms with Gasteiger partial charge in [-0.3, -0.25) is 4.79 Å². The molecule has 2 aromatic rings. The summed E-state index contributed by atoms with van der Waals surface area (Å²) in [6.07, 6.45) is 8.95. The maximum Gasteiger partial charge on any atom is 0.317 e. The molecule has 2 N–H and O–H groups in total. The minimum absolute atomic E-state index is 0.0373. The second-order valence-corrected chi connectivity index (χ2v) is 8.99. The van der Waals surface area contributed by atoms with Crippen LogP contribution in [0.3, 0.4) is 0 Å². The van der Waals surface area contributed by atoms with Crippen molar-refractivity contribution in [2.45, 2.75) is 64.0 Å². The number of nitrogens with zero attached hydrogens (tertiary/aromatic N) is 3. The SMILES string of the molecule is Cc1c(C(=O)NC2CCN(C(=O)NC3CCCCC3)CC2)cnn1-c1cccc(Cl)c1. The second kappa shape index (κ2) is 9.73. The number of hydrogen-bond donors (Lipinski definition) is 2. The van der Waals surface area contributed by atoms with Gasteiger partial charge in [0.1, 0.15) is 0 Å². The van der Waals surface area contributed by atoms with Gasteiger partial charge in [-0.1, -0.05) is 36.9 Å². The number of hydrogen-bond acceptors (Lipinski definition) is 3. The zero-order valence-electron chi connectivity index (χ0n) is 17.9. The molecule has 0 radical (unpaired) electrons. The molecule has 2 fully saturated rings. The van der Waals surface area contributed by atoms with Gasteiger partial charge < -0.3 is 15.5 Å². The number of carbonyl (C=O) groups is 2. The number of likely N-dealkylation sites (tertiary alicyclic amines) is 1. The molecule has 1 saturated heterocycles. The van der Waals surface area contributed by atoms with Crippen LogP contribution in [-0.2, 0) is 0 Å². The lowest BCUT2D eigenvalue weighted by atomic mass is 9.95. The number of halogens is 1. The van der Waals surface area contributed by atoms with Crippen molar-refractivity contribution >= 4 is 23.5 Å².